The Hall–Kier alpha value is -1.02. The number of fused-ring (bicyclic) bond motifs is 1. The van der Waals surface area contributed by atoms with Crippen molar-refractivity contribution in [2.75, 3.05) is 13.2 Å². The molecule has 1 aliphatic heterocycles. The SMILES string of the molecule is CCNC1CCOc2cc(C)ccc21. The van der Waals surface area contributed by atoms with Gasteiger partial charge in [-0.2, -0.15) is 0 Å². The predicted octanol–water partition coefficient (Wildman–Crippen LogP) is 2.43. The second-order valence-electron chi connectivity index (χ2n) is 3.79. The van der Waals surface area contributed by atoms with Crippen molar-refractivity contribution in [2.24, 2.45) is 0 Å². The molecular weight excluding hydrogens is 174 g/mol. The van der Waals surface area contributed by atoms with E-state index < -0.39 is 0 Å². The summed E-state index contributed by atoms with van der Waals surface area (Å²) in [6, 6.07) is 6.93. The van der Waals surface area contributed by atoms with Crippen molar-refractivity contribution in [1.82, 2.24) is 5.32 Å². The molecule has 0 saturated carbocycles. The number of hydrogen-bond acceptors (Lipinski definition) is 2. The summed E-state index contributed by atoms with van der Waals surface area (Å²) in [5, 5.41) is 3.48. The van der Waals surface area contributed by atoms with Gasteiger partial charge in [-0.1, -0.05) is 19.1 Å². The first kappa shape index (κ1) is 9.53. The Bertz CT molecular complexity index is 322. The van der Waals surface area contributed by atoms with Gasteiger partial charge in [0.1, 0.15) is 5.75 Å². The second-order valence-corrected chi connectivity index (χ2v) is 3.79. The molecule has 2 rings (SSSR count). The van der Waals surface area contributed by atoms with Gasteiger partial charge in [-0.3, -0.25) is 0 Å². The van der Waals surface area contributed by atoms with Crippen LogP contribution in [0.15, 0.2) is 18.2 Å². The summed E-state index contributed by atoms with van der Waals surface area (Å²) >= 11 is 0. The molecule has 0 saturated heterocycles. The van der Waals surface area contributed by atoms with Crippen LogP contribution in [0.3, 0.4) is 0 Å². The topological polar surface area (TPSA) is 21.3 Å². The molecule has 1 N–H and O–H groups in total. The molecule has 1 atom stereocenters. The van der Waals surface area contributed by atoms with E-state index in [0.29, 0.717) is 6.04 Å². The summed E-state index contributed by atoms with van der Waals surface area (Å²) < 4.78 is 5.64. The molecule has 1 heterocycles. The Morgan fingerprint density at radius 1 is 1.50 bits per heavy atom. The maximum atomic E-state index is 5.64. The van der Waals surface area contributed by atoms with E-state index in [1.807, 2.05) is 0 Å². The monoisotopic (exact) mass is 191 g/mol. The quantitative estimate of drug-likeness (QED) is 0.775. The van der Waals surface area contributed by atoms with Gasteiger partial charge < -0.3 is 10.1 Å². The van der Waals surface area contributed by atoms with Crippen molar-refractivity contribution in [3.63, 3.8) is 0 Å². The van der Waals surface area contributed by atoms with Crippen LogP contribution < -0.4 is 10.1 Å². The molecule has 0 bridgehead atoms. The van der Waals surface area contributed by atoms with Crippen LogP contribution in [0.25, 0.3) is 0 Å². The zero-order chi connectivity index (χ0) is 9.97. The third-order valence-electron chi connectivity index (χ3n) is 2.66. The summed E-state index contributed by atoms with van der Waals surface area (Å²) in [4.78, 5) is 0. The molecule has 0 aromatic heterocycles. The fraction of sp³-hybridized carbons (Fsp3) is 0.500. The summed E-state index contributed by atoms with van der Waals surface area (Å²) in [7, 11) is 0. The molecule has 76 valence electrons. The summed E-state index contributed by atoms with van der Waals surface area (Å²) in [6.07, 6.45) is 1.07. The standard InChI is InChI=1S/C12H17NO/c1-3-13-11-6-7-14-12-8-9(2)4-5-10(11)12/h4-5,8,11,13H,3,6-7H2,1-2H3. The third kappa shape index (κ3) is 1.75. The van der Waals surface area contributed by atoms with Gasteiger partial charge in [0.2, 0.25) is 0 Å². The minimum absolute atomic E-state index is 0.476. The Kier molecular flexibility index (Phi) is 2.73. The van der Waals surface area contributed by atoms with Crippen molar-refractivity contribution >= 4 is 0 Å². The predicted molar refractivity (Wildman–Crippen MR) is 57.7 cm³/mol. The number of rotatable bonds is 2. The molecule has 2 heteroatoms. The van der Waals surface area contributed by atoms with Gasteiger partial charge in [-0.05, 0) is 25.1 Å². The molecule has 1 aliphatic rings. The van der Waals surface area contributed by atoms with Crippen LogP contribution in [-0.2, 0) is 0 Å². The average molecular weight is 191 g/mol. The van der Waals surface area contributed by atoms with Crippen molar-refractivity contribution in [2.45, 2.75) is 26.3 Å². The lowest BCUT2D eigenvalue weighted by atomic mass is 9.99. The van der Waals surface area contributed by atoms with Crippen molar-refractivity contribution in [3.8, 4) is 5.75 Å². The van der Waals surface area contributed by atoms with Crippen molar-refractivity contribution in [1.29, 1.82) is 0 Å². The molecule has 0 amide bonds. The molecule has 0 radical (unpaired) electrons. The van der Waals surface area contributed by atoms with Crippen molar-refractivity contribution < 1.29 is 4.74 Å². The molecule has 14 heavy (non-hydrogen) atoms. The molecular formula is C12H17NO. The zero-order valence-electron chi connectivity index (χ0n) is 8.84. The maximum Gasteiger partial charge on any atom is 0.124 e. The van der Waals surface area contributed by atoms with Crippen LogP contribution in [0, 0.1) is 6.92 Å². The largest absolute Gasteiger partial charge is 0.493 e. The lowest BCUT2D eigenvalue weighted by Crippen LogP contribution is -2.26. The van der Waals surface area contributed by atoms with Gasteiger partial charge in [-0.25, -0.2) is 0 Å². The van der Waals surface area contributed by atoms with Crippen LogP contribution in [-0.4, -0.2) is 13.2 Å². The summed E-state index contributed by atoms with van der Waals surface area (Å²) in [5.74, 6) is 1.06. The first-order valence-electron chi connectivity index (χ1n) is 5.28. The fourth-order valence-corrected chi connectivity index (χ4v) is 1.96. The number of hydrogen-bond donors (Lipinski definition) is 1. The van der Waals surface area contributed by atoms with Gasteiger partial charge in [0.25, 0.3) is 0 Å². The minimum atomic E-state index is 0.476. The van der Waals surface area contributed by atoms with E-state index in [0.717, 1.165) is 25.3 Å². The molecule has 0 spiro atoms. The lowest BCUT2D eigenvalue weighted by molar-refractivity contribution is 0.254. The van der Waals surface area contributed by atoms with Gasteiger partial charge in [0.15, 0.2) is 0 Å². The highest BCUT2D eigenvalue weighted by atomic mass is 16.5. The van der Waals surface area contributed by atoms with Gasteiger partial charge in [0.05, 0.1) is 6.61 Å². The van der Waals surface area contributed by atoms with E-state index in [9.17, 15) is 0 Å². The van der Waals surface area contributed by atoms with Crippen LogP contribution in [0.1, 0.15) is 30.5 Å². The molecule has 0 fully saturated rings. The second kappa shape index (κ2) is 4.01. The molecule has 0 aliphatic carbocycles. The third-order valence-corrected chi connectivity index (χ3v) is 2.66. The van der Waals surface area contributed by atoms with E-state index in [1.165, 1.54) is 11.1 Å². The van der Waals surface area contributed by atoms with Crippen LogP contribution >= 0.6 is 0 Å². The van der Waals surface area contributed by atoms with E-state index in [2.05, 4.69) is 37.4 Å². The van der Waals surface area contributed by atoms with Crippen molar-refractivity contribution in [3.05, 3.63) is 29.3 Å². The first-order chi connectivity index (χ1) is 6.81. The van der Waals surface area contributed by atoms with Crippen LogP contribution in [0.4, 0.5) is 0 Å². The normalized spacial score (nSPS) is 20.0. The Labute approximate surface area is 85.3 Å². The number of aryl methyl sites for hydroxylation is 1. The Morgan fingerprint density at radius 3 is 3.14 bits per heavy atom. The molecule has 1 aromatic rings. The summed E-state index contributed by atoms with van der Waals surface area (Å²) in [6.45, 7) is 6.08. The highest BCUT2D eigenvalue weighted by molar-refractivity contribution is 5.40. The average Bonchev–Trinajstić information content (AvgIpc) is 2.18. The smallest absolute Gasteiger partial charge is 0.124 e. The Morgan fingerprint density at radius 2 is 2.36 bits per heavy atom. The van der Waals surface area contributed by atoms with E-state index in [4.69, 9.17) is 4.74 Å². The summed E-state index contributed by atoms with van der Waals surface area (Å²) in [5.41, 5.74) is 2.57. The van der Waals surface area contributed by atoms with E-state index in [1.54, 1.807) is 0 Å². The van der Waals surface area contributed by atoms with Crippen LogP contribution in [0.5, 0.6) is 5.75 Å². The van der Waals surface area contributed by atoms with Gasteiger partial charge in [0, 0.05) is 18.0 Å². The zero-order valence-corrected chi connectivity index (χ0v) is 8.84. The minimum Gasteiger partial charge on any atom is -0.493 e. The number of benzene rings is 1. The molecule has 2 nitrogen and oxygen atoms in total. The first-order valence-corrected chi connectivity index (χ1v) is 5.28. The fourth-order valence-electron chi connectivity index (χ4n) is 1.96. The molecule has 1 unspecified atom stereocenters. The van der Waals surface area contributed by atoms with Gasteiger partial charge in [-0.15, -0.1) is 0 Å². The maximum absolute atomic E-state index is 5.64. The Balaban J connectivity index is 2.30. The van der Waals surface area contributed by atoms with Gasteiger partial charge >= 0.3 is 0 Å². The molecule has 1 aromatic carbocycles. The number of nitrogens with one attached hydrogen (secondary N) is 1. The highest BCUT2D eigenvalue weighted by Gasteiger charge is 2.19. The number of ether oxygens (including phenoxy) is 1. The lowest BCUT2D eigenvalue weighted by Gasteiger charge is -2.26. The highest BCUT2D eigenvalue weighted by Crippen LogP contribution is 2.32. The van der Waals surface area contributed by atoms with E-state index in [-0.39, 0.29) is 0 Å². The van der Waals surface area contributed by atoms with E-state index >= 15 is 0 Å². The van der Waals surface area contributed by atoms with Crippen LogP contribution in [0.2, 0.25) is 0 Å².